The predicted octanol–water partition coefficient (Wildman–Crippen LogP) is 3.14. The first-order valence-electron chi connectivity index (χ1n) is 9.23. The highest BCUT2D eigenvalue weighted by Crippen LogP contribution is 2.34. The maximum Gasteiger partial charge on any atom is 0.212 e. The molecule has 0 unspecified atom stereocenters. The minimum absolute atomic E-state index is 0.494. The average molecular weight is 375 g/mol. The molecular weight excluding hydrogens is 357 g/mol. The molecule has 0 radical (unpaired) electrons. The molecule has 1 saturated heterocycles. The van der Waals surface area contributed by atoms with Crippen molar-refractivity contribution in [2.24, 2.45) is 4.99 Å². The molecule has 0 aromatic carbocycles. The highest BCUT2D eigenvalue weighted by molar-refractivity contribution is 6.02. The van der Waals surface area contributed by atoms with Crippen LogP contribution in [0.3, 0.4) is 0 Å². The molecule has 0 saturated carbocycles. The van der Waals surface area contributed by atoms with Crippen molar-refractivity contribution in [3.05, 3.63) is 54.4 Å². The van der Waals surface area contributed by atoms with Crippen molar-refractivity contribution in [2.75, 3.05) is 37.7 Å². The number of pyridine rings is 3. The second-order valence-corrected chi connectivity index (χ2v) is 6.73. The first-order valence-corrected chi connectivity index (χ1v) is 9.23. The molecule has 7 heteroatoms. The second-order valence-electron chi connectivity index (χ2n) is 6.73. The summed E-state index contributed by atoms with van der Waals surface area (Å²) >= 11 is 0. The zero-order valence-electron chi connectivity index (χ0n) is 15.2. The van der Waals surface area contributed by atoms with Gasteiger partial charge >= 0.3 is 0 Å². The number of rotatable bonds is 3. The molecule has 28 heavy (non-hydrogen) atoms. The fourth-order valence-electron chi connectivity index (χ4n) is 3.60. The summed E-state index contributed by atoms with van der Waals surface area (Å²) in [6.07, 6.45) is 7.12. The van der Waals surface area contributed by atoms with Crippen molar-refractivity contribution in [3.8, 4) is 11.1 Å². The third-order valence-electron chi connectivity index (χ3n) is 5.03. The van der Waals surface area contributed by atoms with Crippen LogP contribution in [-0.4, -0.2) is 54.0 Å². The number of anilines is 1. The lowest BCUT2D eigenvalue weighted by molar-refractivity contribution is 0.122. The summed E-state index contributed by atoms with van der Waals surface area (Å²) in [5.74, 6) is 0.370. The summed E-state index contributed by atoms with van der Waals surface area (Å²) < 4.78 is 18.9. The smallest absolute Gasteiger partial charge is 0.212 e. The van der Waals surface area contributed by atoms with E-state index < -0.39 is 5.95 Å². The summed E-state index contributed by atoms with van der Waals surface area (Å²) in [6.45, 7) is 3.50. The van der Waals surface area contributed by atoms with Gasteiger partial charge in [-0.1, -0.05) is 0 Å². The molecule has 0 amide bonds. The Morgan fingerprint density at radius 1 is 1.07 bits per heavy atom. The van der Waals surface area contributed by atoms with Crippen LogP contribution in [0.5, 0.6) is 0 Å². The van der Waals surface area contributed by atoms with Crippen LogP contribution in [0.25, 0.3) is 27.6 Å². The van der Waals surface area contributed by atoms with Gasteiger partial charge in [0, 0.05) is 48.2 Å². The molecule has 5 rings (SSSR count). The van der Waals surface area contributed by atoms with Crippen LogP contribution < -0.4 is 4.90 Å². The van der Waals surface area contributed by atoms with E-state index in [1.807, 2.05) is 18.2 Å². The van der Waals surface area contributed by atoms with E-state index in [0.29, 0.717) is 19.8 Å². The Bertz CT molecular complexity index is 1090. The second kappa shape index (κ2) is 7.09. The molecule has 3 aromatic heterocycles. The molecule has 2 aliphatic heterocycles. The Morgan fingerprint density at radius 2 is 1.96 bits per heavy atom. The number of ether oxygens (including phenoxy) is 1. The summed E-state index contributed by atoms with van der Waals surface area (Å²) in [5, 5.41) is 0.961. The average Bonchev–Trinajstić information content (AvgIpc) is 3.28. The van der Waals surface area contributed by atoms with Gasteiger partial charge in [0.15, 0.2) is 0 Å². The van der Waals surface area contributed by atoms with Gasteiger partial charge < -0.3 is 9.64 Å². The lowest BCUT2D eigenvalue weighted by Crippen LogP contribution is -2.36. The van der Waals surface area contributed by atoms with E-state index in [1.165, 1.54) is 6.07 Å². The third-order valence-corrected chi connectivity index (χ3v) is 5.03. The molecule has 0 N–H and O–H groups in total. The number of morpholine rings is 1. The van der Waals surface area contributed by atoms with Gasteiger partial charge in [-0.15, -0.1) is 0 Å². The van der Waals surface area contributed by atoms with Gasteiger partial charge in [0.1, 0.15) is 5.82 Å². The number of hydrogen-bond donors (Lipinski definition) is 0. The Hall–Kier alpha value is -3.19. The van der Waals surface area contributed by atoms with Crippen molar-refractivity contribution in [3.63, 3.8) is 0 Å². The molecule has 0 atom stereocenters. The van der Waals surface area contributed by atoms with Gasteiger partial charge in [0.2, 0.25) is 5.95 Å². The maximum absolute atomic E-state index is 13.4. The summed E-state index contributed by atoms with van der Waals surface area (Å²) in [5.41, 5.74) is 4.50. The highest BCUT2D eigenvalue weighted by atomic mass is 19.1. The highest BCUT2D eigenvalue weighted by Gasteiger charge is 2.19. The summed E-state index contributed by atoms with van der Waals surface area (Å²) in [6, 6.07) is 7.12. The SMILES string of the molecule is Fc1ccc(-c2cc(N3CCOCC3)nc3c(C4=CC=NC4)nccc23)cn1. The van der Waals surface area contributed by atoms with Crippen LogP contribution in [0.4, 0.5) is 10.2 Å². The van der Waals surface area contributed by atoms with Gasteiger partial charge in [0.05, 0.1) is 31.0 Å². The van der Waals surface area contributed by atoms with E-state index in [4.69, 9.17) is 9.72 Å². The van der Waals surface area contributed by atoms with Crippen LogP contribution >= 0.6 is 0 Å². The molecular formula is C21H18FN5O. The summed E-state index contributed by atoms with van der Waals surface area (Å²) in [7, 11) is 0. The van der Waals surface area contributed by atoms with Crippen LogP contribution in [0.2, 0.25) is 0 Å². The van der Waals surface area contributed by atoms with Crippen molar-refractivity contribution < 1.29 is 9.13 Å². The molecule has 6 nitrogen and oxygen atoms in total. The molecule has 0 aliphatic carbocycles. The Balaban J connectivity index is 1.74. The van der Waals surface area contributed by atoms with E-state index in [-0.39, 0.29) is 0 Å². The molecule has 3 aromatic rings. The van der Waals surface area contributed by atoms with Crippen molar-refractivity contribution in [1.29, 1.82) is 0 Å². The minimum Gasteiger partial charge on any atom is -0.378 e. The Labute approximate surface area is 161 Å². The van der Waals surface area contributed by atoms with Gasteiger partial charge in [-0.2, -0.15) is 4.39 Å². The van der Waals surface area contributed by atoms with E-state index in [0.717, 1.165) is 52.2 Å². The van der Waals surface area contributed by atoms with Gasteiger partial charge in [-0.25, -0.2) is 9.97 Å². The van der Waals surface area contributed by atoms with Crippen LogP contribution in [0, 0.1) is 5.95 Å². The quantitative estimate of drug-likeness (QED) is 0.658. The molecule has 140 valence electrons. The molecule has 0 spiro atoms. The molecule has 0 bridgehead atoms. The number of hydrogen-bond acceptors (Lipinski definition) is 6. The van der Waals surface area contributed by atoms with Crippen molar-refractivity contribution in [1.82, 2.24) is 15.0 Å². The van der Waals surface area contributed by atoms with E-state index >= 15 is 0 Å². The molecule has 1 fully saturated rings. The first-order chi connectivity index (χ1) is 13.8. The fourth-order valence-corrected chi connectivity index (χ4v) is 3.60. The zero-order chi connectivity index (χ0) is 18.9. The summed E-state index contributed by atoms with van der Waals surface area (Å²) in [4.78, 5) is 19.9. The van der Waals surface area contributed by atoms with E-state index in [9.17, 15) is 4.39 Å². The van der Waals surface area contributed by atoms with Gasteiger partial charge in [0.25, 0.3) is 0 Å². The normalized spacial score (nSPS) is 16.6. The van der Waals surface area contributed by atoms with Crippen molar-refractivity contribution >= 4 is 28.5 Å². The van der Waals surface area contributed by atoms with Gasteiger partial charge in [-0.3, -0.25) is 9.98 Å². The number of allylic oxidation sites excluding steroid dienone is 1. The zero-order valence-corrected chi connectivity index (χ0v) is 15.2. The van der Waals surface area contributed by atoms with E-state index in [2.05, 4.69) is 19.9 Å². The van der Waals surface area contributed by atoms with Crippen LogP contribution in [0.15, 0.2) is 47.7 Å². The lowest BCUT2D eigenvalue weighted by atomic mass is 10.0. The molecule has 2 aliphatic rings. The minimum atomic E-state index is -0.494. The Kier molecular flexibility index (Phi) is 4.29. The van der Waals surface area contributed by atoms with Gasteiger partial charge in [-0.05, 0) is 35.9 Å². The van der Waals surface area contributed by atoms with Crippen LogP contribution in [0.1, 0.15) is 5.69 Å². The van der Waals surface area contributed by atoms with Crippen molar-refractivity contribution in [2.45, 2.75) is 0 Å². The standard InChI is InChI=1S/C21H18FN5O/c22-18-2-1-14(13-25-18)17-11-19(27-7-9-28-10-8-27)26-21-16(17)4-6-24-20(21)15-3-5-23-12-15/h1-6,11,13H,7-10,12H2. The number of halogens is 1. The molecule has 5 heterocycles. The number of nitrogens with zero attached hydrogens (tertiary/aromatic N) is 5. The topological polar surface area (TPSA) is 63.5 Å². The number of fused-ring (bicyclic) bond motifs is 1. The monoisotopic (exact) mass is 375 g/mol. The lowest BCUT2D eigenvalue weighted by Gasteiger charge is -2.28. The van der Waals surface area contributed by atoms with E-state index in [1.54, 1.807) is 24.7 Å². The predicted molar refractivity (Wildman–Crippen MR) is 107 cm³/mol. The fraction of sp³-hybridized carbons (Fsp3) is 0.238. The third kappa shape index (κ3) is 3.03. The van der Waals surface area contributed by atoms with Crippen LogP contribution in [-0.2, 0) is 4.74 Å². The Morgan fingerprint density at radius 3 is 2.71 bits per heavy atom. The number of aliphatic imine (C=N–C) groups is 1. The maximum atomic E-state index is 13.4. The first kappa shape index (κ1) is 16.9. The number of aromatic nitrogens is 3. The largest absolute Gasteiger partial charge is 0.378 e.